The Morgan fingerprint density at radius 1 is 1.35 bits per heavy atom. The Morgan fingerprint density at radius 2 is 2.10 bits per heavy atom. The van der Waals surface area contributed by atoms with E-state index in [4.69, 9.17) is 20.9 Å². The summed E-state index contributed by atoms with van der Waals surface area (Å²) in [5, 5.41) is 3.17. The number of fused-ring (bicyclic) bond motifs is 1. The van der Waals surface area contributed by atoms with E-state index in [2.05, 4.69) is 5.32 Å². The highest BCUT2D eigenvalue weighted by atomic mass is 16.5. The number of nitrogens with one attached hydrogen (secondary N) is 1. The summed E-state index contributed by atoms with van der Waals surface area (Å²) in [5.41, 5.74) is 11.9. The fourth-order valence-electron chi connectivity index (χ4n) is 2.51. The maximum absolute atomic E-state index is 11.7. The van der Waals surface area contributed by atoms with Crippen LogP contribution in [0.4, 0.5) is 5.69 Å². The van der Waals surface area contributed by atoms with Crippen molar-refractivity contribution in [3.05, 3.63) is 47.1 Å². The largest absolute Gasteiger partial charge is 0.457 e. The van der Waals surface area contributed by atoms with E-state index in [-0.39, 0.29) is 11.5 Å². The maximum Gasteiger partial charge on any atom is 0.256 e. The number of hydrogen-bond donors (Lipinski definition) is 3. The number of rotatable bonds is 1. The first-order valence-corrected chi connectivity index (χ1v) is 6.16. The zero-order valence-electron chi connectivity index (χ0n) is 11.2. The van der Waals surface area contributed by atoms with Gasteiger partial charge in [0, 0.05) is 6.08 Å². The molecule has 0 aliphatic carbocycles. The molecule has 104 valence electrons. The number of ether oxygens (including phenoxy) is 2. The Bertz CT molecular complexity index is 678. The molecule has 1 unspecified atom stereocenters. The quantitative estimate of drug-likeness (QED) is 0.711. The van der Waals surface area contributed by atoms with Gasteiger partial charge in [0.2, 0.25) is 11.6 Å². The highest BCUT2D eigenvalue weighted by Crippen LogP contribution is 2.43. The number of hydrogen-bond acceptors (Lipinski definition) is 5. The first kappa shape index (κ1) is 12.4. The van der Waals surface area contributed by atoms with Crippen LogP contribution in [0.15, 0.2) is 41.5 Å². The number of anilines is 1. The first-order chi connectivity index (χ1) is 9.41. The number of nitrogens with two attached hydrogens (primary N) is 2. The minimum atomic E-state index is -1.20. The molecule has 1 aromatic rings. The van der Waals surface area contributed by atoms with Gasteiger partial charge in [0.05, 0.1) is 5.69 Å². The van der Waals surface area contributed by atoms with E-state index in [1.165, 1.54) is 0 Å². The first-order valence-electron chi connectivity index (χ1n) is 6.16. The summed E-state index contributed by atoms with van der Waals surface area (Å²) in [6, 6.07) is 5.68. The number of allylic oxidation sites excluding steroid dienone is 1. The van der Waals surface area contributed by atoms with Crippen LogP contribution in [0.5, 0.6) is 5.75 Å². The molecule has 3 rings (SSSR count). The van der Waals surface area contributed by atoms with Gasteiger partial charge < -0.3 is 26.3 Å². The van der Waals surface area contributed by atoms with E-state index >= 15 is 0 Å². The average molecular weight is 273 g/mol. The van der Waals surface area contributed by atoms with Crippen molar-refractivity contribution in [1.82, 2.24) is 0 Å². The number of amides is 1. The summed E-state index contributed by atoms with van der Waals surface area (Å²) in [6.45, 7) is 3.70. The van der Waals surface area contributed by atoms with Gasteiger partial charge in [-0.1, -0.05) is 6.07 Å². The third-order valence-electron chi connectivity index (χ3n) is 3.27. The lowest BCUT2D eigenvalue weighted by atomic mass is 9.99. The molecular formula is C14H15N3O3. The molecule has 0 radical (unpaired) electrons. The van der Waals surface area contributed by atoms with Crippen molar-refractivity contribution >= 4 is 11.6 Å². The van der Waals surface area contributed by atoms with Crippen LogP contribution in [0.1, 0.15) is 12.5 Å². The van der Waals surface area contributed by atoms with Crippen molar-refractivity contribution < 1.29 is 14.3 Å². The van der Waals surface area contributed by atoms with Gasteiger partial charge in [-0.15, -0.1) is 0 Å². The fourth-order valence-corrected chi connectivity index (χ4v) is 2.51. The Hall–Kier alpha value is -2.63. The highest BCUT2D eigenvalue weighted by molar-refractivity contribution is 5.97. The van der Waals surface area contributed by atoms with Gasteiger partial charge in [-0.2, -0.15) is 0 Å². The van der Waals surface area contributed by atoms with Crippen LogP contribution in [0, 0.1) is 6.92 Å². The average Bonchev–Trinajstić information content (AvgIpc) is 2.63. The second kappa shape index (κ2) is 3.93. The number of benzene rings is 1. The summed E-state index contributed by atoms with van der Waals surface area (Å²) < 4.78 is 11.2. The van der Waals surface area contributed by atoms with Crippen LogP contribution in [-0.2, 0) is 9.53 Å². The van der Waals surface area contributed by atoms with Crippen LogP contribution < -0.4 is 21.5 Å². The zero-order chi connectivity index (χ0) is 14.5. The van der Waals surface area contributed by atoms with Crippen molar-refractivity contribution in [3.63, 3.8) is 0 Å². The van der Waals surface area contributed by atoms with Gasteiger partial charge in [-0.3, -0.25) is 4.79 Å². The maximum atomic E-state index is 11.7. The molecule has 1 atom stereocenters. The van der Waals surface area contributed by atoms with Crippen molar-refractivity contribution in [2.24, 2.45) is 11.5 Å². The molecule has 0 aromatic heterocycles. The monoisotopic (exact) mass is 273 g/mol. The summed E-state index contributed by atoms with van der Waals surface area (Å²) >= 11 is 0. The Kier molecular flexibility index (Phi) is 2.44. The summed E-state index contributed by atoms with van der Waals surface area (Å²) in [5.74, 6) is 0.426. The lowest BCUT2D eigenvalue weighted by Crippen LogP contribution is -2.48. The van der Waals surface area contributed by atoms with E-state index in [1.807, 2.05) is 25.1 Å². The number of primary amides is 1. The van der Waals surface area contributed by atoms with E-state index in [0.29, 0.717) is 11.5 Å². The fraction of sp³-hybridized carbons (Fsp3) is 0.214. The molecule has 0 bridgehead atoms. The Labute approximate surface area is 116 Å². The van der Waals surface area contributed by atoms with Crippen LogP contribution in [-0.4, -0.2) is 11.6 Å². The number of carbonyl (C=O) groups is 1. The van der Waals surface area contributed by atoms with Gasteiger partial charge in [0.25, 0.3) is 5.91 Å². The number of aryl methyl sites for hydroxylation is 1. The van der Waals surface area contributed by atoms with E-state index in [0.717, 1.165) is 11.3 Å². The lowest BCUT2D eigenvalue weighted by molar-refractivity contribution is -0.116. The summed E-state index contributed by atoms with van der Waals surface area (Å²) in [4.78, 5) is 11.7. The molecular weight excluding hydrogens is 258 g/mol. The highest BCUT2D eigenvalue weighted by Gasteiger charge is 2.48. The lowest BCUT2D eigenvalue weighted by Gasteiger charge is -2.31. The molecule has 1 amide bonds. The van der Waals surface area contributed by atoms with Crippen LogP contribution in [0.25, 0.3) is 0 Å². The topological polar surface area (TPSA) is 99.6 Å². The second-order valence-corrected chi connectivity index (χ2v) is 4.92. The molecule has 0 saturated carbocycles. The standard InChI is InChI=1S/C14H15N3O3/c1-7-3-4-10-9(5-7)17-14(20-10)6-8(2)19-13(16)11(14)12(15)18/h3-6,17H,16H2,1-2H3,(H2,15,18). The van der Waals surface area contributed by atoms with Crippen molar-refractivity contribution in [2.45, 2.75) is 19.6 Å². The smallest absolute Gasteiger partial charge is 0.256 e. The van der Waals surface area contributed by atoms with Crippen molar-refractivity contribution in [1.29, 1.82) is 0 Å². The Balaban J connectivity index is 2.13. The molecule has 2 aliphatic rings. The van der Waals surface area contributed by atoms with Crippen molar-refractivity contribution in [3.8, 4) is 5.75 Å². The predicted molar refractivity (Wildman–Crippen MR) is 73.4 cm³/mol. The minimum Gasteiger partial charge on any atom is -0.457 e. The van der Waals surface area contributed by atoms with Gasteiger partial charge in [0.1, 0.15) is 17.1 Å². The van der Waals surface area contributed by atoms with Gasteiger partial charge in [-0.25, -0.2) is 0 Å². The van der Waals surface area contributed by atoms with Crippen LogP contribution in [0.3, 0.4) is 0 Å². The molecule has 6 nitrogen and oxygen atoms in total. The molecule has 0 fully saturated rings. The molecule has 0 saturated heterocycles. The molecule has 1 spiro atoms. The molecule has 2 heterocycles. The predicted octanol–water partition coefficient (Wildman–Crippen LogP) is 1.09. The van der Waals surface area contributed by atoms with Crippen LogP contribution in [0.2, 0.25) is 0 Å². The second-order valence-electron chi connectivity index (χ2n) is 4.92. The Morgan fingerprint density at radius 3 is 2.80 bits per heavy atom. The van der Waals surface area contributed by atoms with E-state index < -0.39 is 11.6 Å². The molecule has 5 N–H and O–H groups in total. The minimum absolute atomic E-state index is 0.0467. The molecule has 2 aliphatic heterocycles. The third kappa shape index (κ3) is 1.69. The van der Waals surface area contributed by atoms with E-state index in [9.17, 15) is 4.79 Å². The van der Waals surface area contributed by atoms with Crippen LogP contribution >= 0.6 is 0 Å². The SMILES string of the molecule is CC1=CC2(Nc3cc(C)ccc3O2)C(C(N)=O)=C(N)O1. The zero-order valence-corrected chi connectivity index (χ0v) is 11.2. The number of carbonyl (C=O) groups excluding carboxylic acids is 1. The molecule has 1 aromatic carbocycles. The van der Waals surface area contributed by atoms with Gasteiger partial charge >= 0.3 is 0 Å². The summed E-state index contributed by atoms with van der Waals surface area (Å²) in [6.07, 6.45) is 1.65. The summed E-state index contributed by atoms with van der Waals surface area (Å²) in [7, 11) is 0. The van der Waals surface area contributed by atoms with E-state index in [1.54, 1.807) is 13.0 Å². The van der Waals surface area contributed by atoms with Crippen molar-refractivity contribution in [2.75, 3.05) is 5.32 Å². The normalized spacial score (nSPS) is 23.6. The molecule has 20 heavy (non-hydrogen) atoms. The third-order valence-corrected chi connectivity index (χ3v) is 3.27. The van der Waals surface area contributed by atoms with Gasteiger partial charge in [-0.05, 0) is 31.5 Å². The molecule has 6 heteroatoms. The van der Waals surface area contributed by atoms with Gasteiger partial charge in [0.15, 0.2) is 0 Å².